The molecule has 2 aromatic carbocycles. The topological polar surface area (TPSA) is 95.8 Å². The minimum atomic E-state index is -3.74. The zero-order chi connectivity index (χ0) is 21.0. The van der Waals surface area contributed by atoms with Crippen LogP contribution in [0.15, 0.2) is 53.4 Å². The van der Waals surface area contributed by atoms with Gasteiger partial charge < -0.3 is 4.90 Å². The van der Waals surface area contributed by atoms with Crippen LogP contribution < -0.4 is 9.62 Å². The van der Waals surface area contributed by atoms with Crippen molar-refractivity contribution < 1.29 is 13.3 Å². The van der Waals surface area contributed by atoms with Crippen molar-refractivity contribution >= 4 is 21.4 Å². The summed E-state index contributed by atoms with van der Waals surface area (Å²) >= 11 is 0. The molecule has 156 valence electrons. The van der Waals surface area contributed by atoms with E-state index < -0.39 is 14.9 Å². The summed E-state index contributed by atoms with van der Waals surface area (Å²) in [6.45, 7) is 5.08. The number of hydrogen-bond acceptors (Lipinski definition) is 6. The number of benzene rings is 2. The third kappa shape index (κ3) is 4.92. The van der Waals surface area contributed by atoms with Gasteiger partial charge in [-0.15, -0.1) is 0 Å². The van der Waals surface area contributed by atoms with Crippen molar-refractivity contribution in [2.45, 2.75) is 30.8 Å². The molecule has 0 aromatic heterocycles. The molecule has 0 aliphatic carbocycles. The number of sulfonamides is 1. The van der Waals surface area contributed by atoms with Gasteiger partial charge in [0.25, 0.3) is 5.69 Å². The molecule has 1 atom stereocenters. The van der Waals surface area contributed by atoms with Gasteiger partial charge in [0.2, 0.25) is 10.0 Å². The van der Waals surface area contributed by atoms with Gasteiger partial charge in [0.15, 0.2) is 0 Å². The second-order valence-electron chi connectivity index (χ2n) is 7.20. The van der Waals surface area contributed by atoms with E-state index in [2.05, 4.69) is 28.7 Å². The van der Waals surface area contributed by atoms with Gasteiger partial charge >= 0.3 is 0 Å². The summed E-state index contributed by atoms with van der Waals surface area (Å²) in [5, 5.41) is 11.6. The first-order valence-corrected chi connectivity index (χ1v) is 11.0. The third-order valence-corrected chi connectivity index (χ3v) is 6.80. The first-order valence-electron chi connectivity index (χ1n) is 9.56. The normalized spacial score (nSPS) is 18.4. The summed E-state index contributed by atoms with van der Waals surface area (Å²) in [4.78, 5) is 15.4. The van der Waals surface area contributed by atoms with Crippen LogP contribution in [0.4, 0.5) is 11.4 Å². The highest BCUT2D eigenvalue weighted by Crippen LogP contribution is 2.32. The van der Waals surface area contributed by atoms with Gasteiger partial charge in [-0.2, -0.15) is 0 Å². The van der Waals surface area contributed by atoms with E-state index in [0.717, 1.165) is 25.6 Å². The van der Waals surface area contributed by atoms with E-state index in [1.165, 1.54) is 18.7 Å². The largest absolute Gasteiger partial charge is 0.365 e. The monoisotopic (exact) mass is 418 g/mol. The van der Waals surface area contributed by atoms with Gasteiger partial charge in [0.1, 0.15) is 5.69 Å². The van der Waals surface area contributed by atoms with Crippen LogP contribution in [0.25, 0.3) is 0 Å². The van der Waals surface area contributed by atoms with Gasteiger partial charge in [-0.3, -0.25) is 15.0 Å². The van der Waals surface area contributed by atoms with Gasteiger partial charge in [0, 0.05) is 38.3 Å². The molecule has 2 aromatic rings. The fourth-order valence-corrected chi connectivity index (χ4v) is 4.35. The number of rotatable bonds is 6. The second-order valence-corrected chi connectivity index (χ2v) is 9.08. The Bertz CT molecular complexity index is 966. The third-order valence-electron chi connectivity index (χ3n) is 5.39. The van der Waals surface area contributed by atoms with Crippen LogP contribution >= 0.6 is 0 Å². The number of nitro benzene ring substituents is 1. The van der Waals surface area contributed by atoms with Crippen LogP contribution in [0.2, 0.25) is 0 Å². The number of nitro groups is 1. The molecule has 0 saturated carbocycles. The molecular weight excluding hydrogens is 392 g/mol. The number of nitrogens with zero attached hydrogens (tertiary/aromatic N) is 3. The van der Waals surface area contributed by atoms with Crippen LogP contribution in [0.1, 0.15) is 18.9 Å². The van der Waals surface area contributed by atoms with Gasteiger partial charge in [-0.1, -0.05) is 30.3 Å². The average molecular weight is 419 g/mol. The molecule has 9 heteroatoms. The zero-order valence-corrected chi connectivity index (χ0v) is 17.4. The Morgan fingerprint density at radius 2 is 1.86 bits per heavy atom. The van der Waals surface area contributed by atoms with Crippen LogP contribution in [0, 0.1) is 10.1 Å². The van der Waals surface area contributed by atoms with Gasteiger partial charge in [0.05, 0.1) is 9.82 Å². The summed E-state index contributed by atoms with van der Waals surface area (Å²) < 4.78 is 26.2. The Hall–Kier alpha value is -2.49. The lowest BCUT2D eigenvalue weighted by atomic mass is 10.1. The molecule has 1 heterocycles. The van der Waals surface area contributed by atoms with Crippen molar-refractivity contribution in [3.05, 3.63) is 64.2 Å². The Morgan fingerprint density at radius 3 is 2.52 bits per heavy atom. The Kier molecular flexibility index (Phi) is 6.51. The molecule has 1 aliphatic rings. The van der Waals surface area contributed by atoms with Crippen LogP contribution in [-0.4, -0.2) is 51.0 Å². The Balaban J connectivity index is 1.83. The Labute approximate surface area is 171 Å². The molecule has 8 nitrogen and oxygen atoms in total. The lowest BCUT2D eigenvalue weighted by molar-refractivity contribution is -0.384. The number of hydrogen-bond donors (Lipinski definition) is 1. The molecular formula is C20H26N4O4S. The maximum atomic E-state index is 12.0. The molecule has 0 bridgehead atoms. The number of anilines is 1. The highest BCUT2D eigenvalue weighted by atomic mass is 32.2. The second kappa shape index (κ2) is 8.89. The molecule has 0 radical (unpaired) electrons. The maximum absolute atomic E-state index is 12.0. The molecule has 1 aliphatic heterocycles. The molecule has 1 fully saturated rings. The maximum Gasteiger partial charge on any atom is 0.293 e. The average Bonchev–Trinajstić information content (AvgIpc) is 2.90. The summed E-state index contributed by atoms with van der Waals surface area (Å²) in [6.07, 6.45) is 0.862. The molecule has 0 spiro atoms. The van der Waals surface area contributed by atoms with E-state index in [9.17, 15) is 18.5 Å². The SMILES string of the molecule is CNS(=O)(=O)c1ccc(N2CCC(C)N(Cc3ccccc3)CC2)c([N+](=O)[O-])c1. The standard InChI is InChI=1S/C20H26N4O4S/c1-16-10-11-22(12-13-23(16)15-17-6-4-3-5-7-17)19-9-8-18(29(27,28)21-2)14-20(19)24(25)26/h3-9,14,16,21H,10-13,15H2,1-2H3. The van der Waals surface area contributed by atoms with Crippen molar-refractivity contribution in [2.24, 2.45) is 0 Å². The summed E-state index contributed by atoms with van der Waals surface area (Å²) in [7, 11) is -2.46. The van der Waals surface area contributed by atoms with Crippen molar-refractivity contribution in [3.8, 4) is 0 Å². The predicted octanol–water partition coefficient (Wildman–Crippen LogP) is 2.60. The van der Waals surface area contributed by atoms with E-state index in [1.54, 1.807) is 6.07 Å². The van der Waals surface area contributed by atoms with Crippen LogP contribution in [-0.2, 0) is 16.6 Å². The summed E-state index contributed by atoms with van der Waals surface area (Å²) in [6, 6.07) is 14.7. The van der Waals surface area contributed by atoms with E-state index in [-0.39, 0.29) is 10.6 Å². The van der Waals surface area contributed by atoms with E-state index in [4.69, 9.17) is 0 Å². The molecule has 1 saturated heterocycles. The lowest BCUT2D eigenvalue weighted by Gasteiger charge is -2.26. The molecule has 29 heavy (non-hydrogen) atoms. The van der Waals surface area contributed by atoms with Crippen molar-refractivity contribution in [3.63, 3.8) is 0 Å². The van der Waals surface area contributed by atoms with Crippen molar-refractivity contribution in [1.82, 2.24) is 9.62 Å². The molecule has 1 unspecified atom stereocenters. The van der Waals surface area contributed by atoms with Crippen molar-refractivity contribution in [1.29, 1.82) is 0 Å². The lowest BCUT2D eigenvalue weighted by Crippen LogP contribution is -2.34. The smallest absolute Gasteiger partial charge is 0.293 e. The highest BCUT2D eigenvalue weighted by Gasteiger charge is 2.27. The predicted molar refractivity (Wildman–Crippen MR) is 112 cm³/mol. The van der Waals surface area contributed by atoms with Gasteiger partial charge in [-0.05, 0) is 38.1 Å². The summed E-state index contributed by atoms with van der Waals surface area (Å²) in [5.74, 6) is 0. The quantitative estimate of drug-likeness (QED) is 0.572. The molecule has 0 amide bonds. The van der Waals surface area contributed by atoms with Crippen molar-refractivity contribution in [2.75, 3.05) is 31.6 Å². The summed E-state index contributed by atoms with van der Waals surface area (Å²) in [5.41, 5.74) is 1.50. The fourth-order valence-electron chi connectivity index (χ4n) is 3.60. The highest BCUT2D eigenvalue weighted by molar-refractivity contribution is 7.89. The Morgan fingerprint density at radius 1 is 1.14 bits per heavy atom. The zero-order valence-electron chi connectivity index (χ0n) is 16.6. The fraction of sp³-hybridized carbons (Fsp3) is 0.400. The molecule has 3 rings (SSSR count). The minimum absolute atomic E-state index is 0.107. The first kappa shape index (κ1) is 21.2. The van der Waals surface area contributed by atoms with Crippen LogP contribution in [0.3, 0.4) is 0 Å². The number of nitrogens with one attached hydrogen (secondary N) is 1. The van der Waals surface area contributed by atoms with E-state index >= 15 is 0 Å². The minimum Gasteiger partial charge on any atom is -0.365 e. The van der Waals surface area contributed by atoms with Crippen LogP contribution in [0.5, 0.6) is 0 Å². The first-order chi connectivity index (χ1) is 13.8. The molecule has 1 N–H and O–H groups in total. The van der Waals surface area contributed by atoms with E-state index in [0.29, 0.717) is 24.8 Å². The van der Waals surface area contributed by atoms with Gasteiger partial charge in [-0.25, -0.2) is 13.1 Å². The van der Waals surface area contributed by atoms with E-state index in [1.807, 2.05) is 23.1 Å².